The third-order valence-electron chi connectivity index (χ3n) is 3.69. The summed E-state index contributed by atoms with van der Waals surface area (Å²) in [4.78, 5) is 34.1. The maximum Gasteiger partial charge on any atom is 0.302 e. The summed E-state index contributed by atoms with van der Waals surface area (Å²) in [6, 6.07) is 9.35. The largest absolute Gasteiger partial charge is 0.476 e. The normalized spacial score (nSPS) is 10.2. The number of ketones is 1. The molecule has 0 saturated carbocycles. The Hall–Kier alpha value is -3.49. The molecular weight excluding hydrogens is 366 g/mol. The predicted molar refractivity (Wildman–Crippen MR) is 98.5 cm³/mol. The van der Waals surface area contributed by atoms with Crippen LogP contribution in [0.3, 0.4) is 0 Å². The minimum atomic E-state index is -0.869. The van der Waals surface area contributed by atoms with Crippen molar-refractivity contribution < 1.29 is 28.4 Å². The predicted octanol–water partition coefficient (Wildman–Crippen LogP) is 1.78. The molecule has 1 aromatic heterocycles. The van der Waals surface area contributed by atoms with Gasteiger partial charge in [-0.05, 0) is 6.92 Å². The summed E-state index contributed by atoms with van der Waals surface area (Å²) in [5.74, 6) is -1.97. The van der Waals surface area contributed by atoms with Gasteiger partial charge in [-0.2, -0.15) is 0 Å². The first-order valence-corrected chi connectivity index (χ1v) is 8.53. The monoisotopic (exact) mass is 387 g/mol. The van der Waals surface area contributed by atoms with E-state index >= 15 is 0 Å². The number of nitrogens with zero attached hydrogens (tertiary/aromatic N) is 1. The Kier molecular flexibility index (Phi) is 7.44. The van der Waals surface area contributed by atoms with Crippen LogP contribution in [0, 0.1) is 12.3 Å². The van der Waals surface area contributed by atoms with Crippen LogP contribution in [0.1, 0.15) is 24.7 Å². The second-order valence-corrected chi connectivity index (χ2v) is 5.84. The van der Waals surface area contributed by atoms with Gasteiger partial charge in [0.15, 0.2) is 5.90 Å². The molecule has 2 rings (SSSR count). The first-order chi connectivity index (χ1) is 13.4. The van der Waals surface area contributed by atoms with Gasteiger partial charge in [0.25, 0.3) is 5.91 Å². The molecule has 9 heteroatoms. The zero-order chi connectivity index (χ0) is 20.5. The summed E-state index contributed by atoms with van der Waals surface area (Å²) in [6.07, 6.45) is -0.482. The first kappa shape index (κ1) is 20.8. The van der Waals surface area contributed by atoms with E-state index in [-0.39, 0.29) is 25.7 Å². The van der Waals surface area contributed by atoms with Crippen LogP contribution in [-0.4, -0.2) is 41.9 Å². The maximum atomic E-state index is 11.8. The Morgan fingerprint density at radius 3 is 2.57 bits per heavy atom. The molecule has 148 valence electrons. The number of ether oxygens (including phenoxy) is 2. The van der Waals surface area contributed by atoms with Crippen molar-refractivity contribution in [2.45, 2.75) is 26.9 Å². The topological polar surface area (TPSA) is 132 Å². The number of carbonyl (C=O) groups excluding carboxylic acids is 3. The standard InChI is InChI=1S/C19H21N3O6/c1-12-15(18(22-28-12)14-6-4-3-5-7-14)11-27-17(20)10-16(24)19(25)21-8-9-26-13(2)23/h3-7,20H,8-11H2,1-2H3,(H,21,25). The molecule has 1 heterocycles. The number of rotatable bonds is 9. The molecule has 0 unspecified atom stereocenters. The molecule has 0 atom stereocenters. The van der Waals surface area contributed by atoms with E-state index in [0.29, 0.717) is 17.0 Å². The lowest BCUT2D eigenvalue weighted by atomic mass is 10.1. The van der Waals surface area contributed by atoms with Gasteiger partial charge in [-0.1, -0.05) is 35.5 Å². The molecule has 2 N–H and O–H groups in total. The third-order valence-corrected chi connectivity index (χ3v) is 3.69. The van der Waals surface area contributed by atoms with E-state index in [1.165, 1.54) is 6.92 Å². The van der Waals surface area contributed by atoms with Crippen LogP contribution in [0.2, 0.25) is 0 Å². The molecule has 28 heavy (non-hydrogen) atoms. The smallest absolute Gasteiger partial charge is 0.302 e. The molecule has 0 aliphatic heterocycles. The Bertz CT molecular complexity index is 860. The van der Waals surface area contributed by atoms with Gasteiger partial charge < -0.3 is 19.3 Å². The van der Waals surface area contributed by atoms with Crippen LogP contribution in [-0.2, 0) is 30.5 Å². The van der Waals surface area contributed by atoms with Gasteiger partial charge in [0.05, 0.1) is 18.5 Å². The lowest BCUT2D eigenvalue weighted by Gasteiger charge is -2.08. The van der Waals surface area contributed by atoms with E-state index in [1.54, 1.807) is 6.92 Å². The highest BCUT2D eigenvalue weighted by Crippen LogP contribution is 2.25. The molecule has 9 nitrogen and oxygen atoms in total. The Morgan fingerprint density at radius 2 is 1.89 bits per heavy atom. The number of benzene rings is 1. The molecule has 1 aromatic carbocycles. The molecule has 0 spiro atoms. The maximum absolute atomic E-state index is 11.8. The number of hydrogen-bond acceptors (Lipinski definition) is 8. The minimum absolute atomic E-state index is 0.0126. The van der Waals surface area contributed by atoms with E-state index < -0.39 is 24.1 Å². The molecule has 1 amide bonds. The summed E-state index contributed by atoms with van der Waals surface area (Å²) in [7, 11) is 0. The van der Waals surface area contributed by atoms with Gasteiger partial charge >= 0.3 is 5.97 Å². The molecule has 0 aliphatic carbocycles. The number of nitrogens with one attached hydrogen (secondary N) is 2. The van der Waals surface area contributed by atoms with E-state index in [1.807, 2.05) is 30.3 Å². The van der Waals surface area contributed by atoms with Crippen LogP contribution in [0.5, 0.6) is 0 Å². The lowest BCUT2D eigenvalue weighted by molar-refractivity contribution is -0.141. The fourth-order valence-electron chi connectivity index (χ4n) is 2.28. The van der Waals surface area contributed by atoms with Crippen molar-refractivity contribution >= 4 is 23.6 Å². The van der Waals surface area contributed by atoms with Crippen LogP contribution in [0.15, 0.2) is 34.9 Å². The van der Waals surface area contributed by atoms with Crippen molar-refractivity contribution in [2.75, 3.05) is 13.2 Å². The van der Waals surface area contributed by atoms with E-state index in [9.17, 15) is 14.4 Å². The fourth-order valence-corrected chi connectivity index (χ4v) is 2.28. The highest BCUT2D eigenvalue weighted by Gasteiger charge is 2.19. The number of carbonyl (C=O) groups is 3. The Balaban J connectivity index is 1.84. The first-order valence-electron chi connectivity index (χ1n) is 8.53. The van der Waals surface area contributed by atoms with Crippen LogP contribution >= 0.6 is 0 Å². The lowest BCUT2D eigenvalue weighted by Crippen LogP contribution is -2.34. The second-order valence-electron chi connectivity index (χ2n) is 5.84. The SMILES string of the molecule is CC(=O)OCCNC(=O)C(=O)CC(=N)OCc1c(-c2ccccc2)noc1C. The molecule has 0 bridgehead atoms. The number of Topliss-reactive ketones (excluding diaryl/α,β-unsaturated/α-hetero) is 1. The average molecular weight is 387 g/mol. The van der Waals surface area contributed by atoms with Gasteiger partial charge in [0.2, 0.25) is 5.78 Å². The summed E-state index contributed by atoms with van der Waals surface area (Å²) in [6.45, 7) is 2.94. The van der Waals surface area contributed by atoms with Crippen molar-refractivity contribution in [3.63, 3.8) is 0 Å². The van der Waals surface area contributed by atoms with Crippen LogP contribution < -0.4 is 5.32 Å². The fraction of sp³-hybridized carbons (Fsp3) is 0.316. The minimum Gasteiger partial charge on any atom is -0.476 e. The van der Waals surface area contributed by atoms with Gasteiger partial charge in [-0.15, -0.1) is 0 Å². The number of esters is 1. The Labute approximate surface area is 161 Å². The summed E-state index contributed by atoms with van der Waals surface area (Å²) >= 11 is 0. The quantitative estimate of drug-likeness (QED) is 0.220. The second kappa shape index (κ2) is 10.0. The summed E-state index contributed by atoms with van der Waals surface area (Å²) in [5, 5.41) is 14.1. The number of amides is 1. The summed E-state index contributed by atoms with van der Waals surface area (Å²) < 4.78 is 15.2. The number of hydrogen-bond donors (Lipinski definition) is 2. The van der Waals surface area contributed by atoms with Crippen molar-refractivity contribution in [3.05, 3.63) is 41.7 Å². The van der Waals surface area contributed by atoms with Crippen molar-refractivity contribution in [1.29, 1.82) is 5.41 Å². The Morgan fingerprint density at radius 1 is 1.18 bits per heavy atom. The zero-order valence-corrected chi connectivity index (χ0v) is 15.6. The van der Waals surface area contributed by atoms with E-state index in [4.69, 9.17) is 14.7 Å². The molecule has 0 saturated heterocycles. The highest BCUT2D eigenvalue weighted by atomic mass is 16.5. The number of aromatic nitrogens is 1. The van der Waals surface area contributed by atoms with Crippen molar-refractivity contribution in [1.82, 2.24) is 10.5 Å². The van der Waals surface area contributed by atoms with Crippen molar-refractivity contribution in [2.24, 2.45) is 0 Å². The van der Waals surface area contributed by atoms with Crippen molar-refractivity contribution in [3.8, 4) is 11.3 Å². The molecule has 0 fully saturated rings. The number of aryl methyl sites for hydroxylation is 1. The molecule has 0 aliphatic rings. The van der Waals surface area contributed by atoms with E-state index in [0.717, 1.165) is 5.56 Å². The van der Waals surface area contributed by atoms with Crippen LogP contribution in [0.4, 0.5) is 0 Å². The van der Waals surface area contributed by atoms with E-state index in [2.05, 4.69) is 15.2 Å². The van der Waals surface area contributed by atoms with Crippen LogP contribution in [0.25, 0.3) is 11.3 Å². The summed E-state index contributed by atoms with van der Waals surface area (Å²) in [5.41, 5.74) is 2.10. The molecule has 0 radical (unpaired) electrons. The highest BCUT2D eigenvalue weighted by molar-refractivity contribution is 6.39. The molecular formula is C19H21N3O6. The zero-order valence-electron chi connectivity index (χ0n) is 15.6. The molecule has 2 aromatic rings. The van der Waals surface area contributed by atoms with Gasteiger partial charge in [-0.25, -0.2) is 0 Å². The third kappa shape index (κ3) is 6.04. The van der Waals surface area contributed by atoms with Gasteiger partial charge in [-0.3, -0.25) is 19.8 Å². The van der Waals surface area contributed by atoms with Gasteiger partial charge in [0.1, 0.15) is 24.7 Å². The average Bonchev–Trinajstić information content (AvgIpc) is 3.04. The van der Waals surface area contributed by atoms with Gasteiger partial charge in [0, 0.05) is 12.5 Å².